The summed E-state index contributed by atoms with van der Waals surface area (Å²) < 4.78 is 8.91. The molecule has 6 heteroatoms. The van der Waals surface area contributed by atoms with Crippen molar-refractivity contribution in [3.05, 3.63) is 52.4 Å². The van der Waals surface area contributed by atoms with Gasteiger partial charge < -0.3 is 14.2 Å². The van der Waals surface area contributed by atoms with E-state index >= 15 is 0 Å². The number of nitrogens with zero attached hydrogens (tertiary/aromatic N) is 3. The third kappa shape index (κ3) is 3.26. The third-order valence-electron chi connectivity index (χ3n) is 4.77. The first-order chi connectivity index (χ1) is 12.1. The lowest BCUT2D eigenvalue weighted by atomic mass is 10.1. The molecular formula is C19H21N3O2S. The van der Waals surface area contributed by atoms with Gasteiger partial charge >= 0.3 is 0 Å². The lowest BCUT2D eigenvalue weighted by molar-refractivity contribution is 0.170. The number of thiazole rings is 1. The van der Waals surface area contributed by atoms with Crippen molar-refractivity contribution in [2.24, 2.45) is 7.05 Å². The minimum Gasteiger partial charge on any atom is -0.490 e. The number of rotatable bonds is 3. The summed E-state index contributed by atoms with van der Waals surface area (Å²) in [6.07, 6.45) is 2.02. The van der Waals surface area contributed by atoms with Crippen LogP contribution in [-0.2, 0) is 7.05 Å². The van der Waals surface area contributed by atoms with E-state index in [1.165, 1.54) is 4.70 Å². The van der Waals surface area contributed by atoms with Crippen molar-refractivity contribution >= 4 is 26.7 Å². The predicted octanol–water partition coefficient (Wildman–Crippen LogP) is 3.35. The average Bonchev–Trinajstić information content (AvgIpc) is 3.04. The molecule has 1 fully saturated rings. The van der Waals surface area contributed by atoms with Crippen LogP contribution in [0.15, 0.2) is 41.2 Å². The number of benzene rings is 1. The molecule has 0 amide bonds. The lowest BCUT2D eigenvalue weighted by Gasteiger charge is -2.32. The van der Waals surface area contributed by atoms with E-state index in [9.17, 15) is 4.79 Å². The maximum atomic E-state index is 11.9. The van der Waals surface area contributed by atoms with Crippen LogP contribution in [0, 0.1) is 6.92 Å². The minimum atomic E-state index is -0.0260. The molecule has 0 N–H and O–H groups in total. The second kappa shape index (κ2) is 6.52. The number of anilines is 1. The highest BCUT2D eigenvalue weighted by Crippen LogP contribution is 2.30. The largest absolute Gasteiger partial charge is 0.490 e. The Bertz CT molecular complexity index is 922. The number of aromatic nitrogens is 2. The molecule has 1 aliphatic heterocycles. The smallest absolute Gasteiger partial charge is 0.254 e. The summed E-state index contributed by atoms with van der Waals surface area (Å²) in [4.78, 5) is 19.0. The van der Waals surface area contributed by atoms with Crippen molar-refractivity contribution in [2.45, 2.75) is 25.9 Å². The summed E-state index contributed by atoms with van der Waals surface area (Å²) in [5.74, 6) is 0.680. The zero-order valence-electron chi connectivity index (χ0n) is 14.4. The molecule has 1 saturated heterocycles. The molecule has 3 aromatic rings. The number of para-hydroxylation sites is 1. The first kappa shape index (κ1) is 16.1. The Morgan fingerprint density at radius 3 is 2.68 bits per heavy atom. The van der Waals surface area contributed by atoms with Gasteiger partial charge in [0.05, 0.1) is 10.2 Å². The molecule has 0 bridgehead atoms. The zero-order chi connectivity index (χ0) is 17.4. The number of fused-ring (bicyclic) bond motifs is 1. The molecule has 0 spiro atoms. The number of hydrogen-bond donors (Lipinski definition) is 0. The molecule has 0 saturated carbocycles. The van der Waals surface area contributed by atoms with Gasteiger partial charge in [-0.25, -0.2) is 4.98 Å². The van der Waals surface area contributed by atoms with Gasteiger partial charge in [-0.3, -0.25) is 4.79 Å². The van der Waals surface area contributed by atoms with E-state index in [0.29, 0.717) is 5.75 Å². The van der Waals surface area contributed by atoms with E-state index in [0.717, 1.165) is 42.3 Å². The van der Waals surface area contributed by atoms with Crippen LogP contribution >= 0.6 is 11.3 Å². The summed E-state index contributed by atoms with van der Waals surface area (Å²) in [5, 5.41) is 1.09. The molecule has 1 aromatic carbocycles. The maximum Gasteiger partial charge on any atom is 0.254 e. The standard InChI is InChI=1S/C19H21N3O2S/c1-13-11-15(12-18(23)21(13)2)24-14-7-9-22(10-8-14)19-20-16-5-3-4-6-17(16)25-19/h3-6,11-12,14H,7-10H2,1-2H3. The van der Waals surface area contributed by atoms with Crippen molar-refractivity contribution in [3.63, 3.8) is 0 Å². The second-order valence-corrected chi connectivity index (χ2v) is 7.51. The van der Waals surface area contributed by atoms with E-state index in [2.05, 4.69) is 23.1 Å². The van der Waals surface area contributed by atoms with Crippen LogP contribution in [0.3, 0.4) is 0 Å². The average molecular weight is 355 g/mol. The Balaban J connectivity index is 1.42. The molecule has 3 heterocycles. The van der Waals surface area contributed by atoms with Gasteiger partial charge in [-0.2, -0.15) is 0 Å². The van der Waals surface area contributed by atoms with Gasteiger partial charge in [-0.15, -0.1) is 0 Å². The van der Waals surface area contributed by atoms with E-state index in [1.807, 2.05) is 19.1 Å². The number of pyridine rings is 1. The fourth-order valence-corrected chi connectivity index (χ4v) is 4.17. The van der Waals surface area contributed by atoms with Crippen LogP contribution in [0.1, 0.15) is 18.5 Å². The molecule has 130 valence electrons. The topological polar surface area (TPSA) is 47.4 Å². The zero-order valence-corrected chi connectivity index (χ0v) is 15.3. The predicted molar refractivity (Wildman–Crippen MR) is 102 cm³/mol. The summed E-state index contributed by atoms with van der Waals surface area (Å²) in [6, 6.07) is 11.8. The number of piperidine rings is 1. The number of hydrogen-bond acceptors (Lipinski definition) is 5. The molecule has 2 aromatic heterocycles. The minimum absolute atomic E-state index is 0.0260. The Hall–Kier alpha value is -2.34. The van der Waals surface area contributed by atoms with Crippen molar-refractivity contribution in [1.82, 2.24) is 9.55 Å². The van der Waals surface area contributed by atoms with Crippen LogP contribution in [0.5, 0.6) is 5.75 Å². The van der Waals surface area contributed by atoms with Gasteiger partial charge in [0, 0.05) is 44.7 Å². The van der Waals surface area contributed by atoms with Gasteiger partial charge in [-0.05, 0) is 25.1 Å². The lowest BCUT2D eigenvalue weighted by Crippen LogP contribution is -2.38. The van der Waals surface area contributed by atoms with Crippen molar-refractivity contribution in [2.75, 3.05) is 18.0 Å². The Kier molecular flexibility index (Phi) is 4.21. The first-order valence-electron chi connectivity index (χ1n) is 8.55. The molecule has 4 rings (SSSR count). The van der Waals surface area contributed by atoms with E-state index in [4.69, 9.17) is 9.72 Å². The number of aryl methyl sites for hydroxylation is 1. The van der Waals surface area contributed by atoms with Gasteiger partial charge in [0.25, 0.3) is 5.56 Å². The fraction of sp³-hybridized carbons (Fsp3) is 0.368. The summed E-state index contributed by atoms with van der Waals surface area (Å²) >= 11 is 1.74. The molecular weight excluding hydrogens is 334 g/mol. The highest BCUT2D eigenvalue weighted by atomic mass is 32.1. The summed E-state index contributed by atoms with van der Waals surface area (Å²) in [7, 11) is 1.78. The normalized spacial score (nSPS) is 15.7. The highest BCUT2D eigenvalue weighted by Gasteiger charge is 2.23. The molecule has 0 atom stereocenters. The second-order valence-electron chi connectivity index (χ2n) is 6.50. The van der Waals surface area contributed by atoms with Crippen LogP contribution < -0.4 is 15.2 Å². The Morgan fingerprint density at radius 1 is 1.20 bits per heavy atom. The van der Waals surface area contributed by atoms with Crippen molar-refractivity contribution < 1.29 is 4.74 Å². The van der Waals surface area contributed by atoms with Gasteiger partial charge in [0.1, 0.15) is 11.9 Å². The van der Waals surface area contributed by atoms with E-state index < -0.39 is 0 Å². The van der Waals surface area contributed by atoms with E-state index in [-0.39, 0.29) is 11.7 Å². The Morgan fingerprint density at radius 2 is 1.96 bits per heavy atom. The van der Waals surface area contributed by atoms with Gasteiger partial charge in [0.2, 0.25) is 0 Å². The quantitative estimate of drug-likeness (QED) is 0.723. The summed E-state index contributed by atoms with van der Waals surface area (Å²) in [5.41, 5.74) is 1.95. The third-order valence-corrected chi connectivity index (χ3v) is 5.87. The monoisotopic (exact) mass is 355 g/mol. The molecule has 0 aliphatic carbocycles. The fourth-order valence-electron chi connectivity index (χ4n) is 3.16. The van der Waals surface area contributed by atoms with Crippen molar-refractivity contribution in [3.8, 4) is 5.75 Å². The molecule has 1 aliphatic rings. The van der Waals surface area contributed by atoms with Crippen molar-refractivity contribution in [1.29, 1.82) is 0 Å². The van der Waals surface area contributed by atoms with Crippen LogP contribution in [0.25, 0.3) is 10.2 Å². The van der Waals surface area contributed by atoms with Crippen LogP contribution in [0.4, 0.5) is 5.13 Å². The van der Waals surface area contributed by atoms with Gasteiger partial charge in [0.15, 0.2) is 5.13 Å². The highest BCUT2D eigenvalue weighted by molar-refractivity contribution is 7.22. The van der Waals surface area contributed by atoms with Crippen LogP contribution in [0.2, 0.25) is 0 Å². The molecule has 25 heavy (non-hydrogen) atoms. The molecule has 0 unspecified atom stereocenters. The summed E-state index contributed by atoms with van der Waals surface area (Å²) in [6.45, 7) is 3.77. The first-order valence-corrected chi connectivity index (χ1v) is 9.36. The maximum absolute atomic E-state index is 11.9. The number of ether oxygens (including phenoxy) is 1. The molecule has 0 radical (unpaired) electrons. The van der Waals surface area contributed by atoms with E-state index in [1.54, 1.807) is 29.0 Å². The SMILES string of the molecule is Cc1cc(OC2CCN(c3nc4ccccc4s3)CC2)cc(=O)n1C. The Labute approximate surface area is 150 Å². The van der Waals surface area contributed by atoms with Crippen LogP contribution in [-0.4, -0.2) is 28.7 Å². The van der Waals surface area contributed by atoms with Gasteiger partial charge in [-0.1, -0.05) is 23.5 Å². The molecule has 5 nitrogen and oxygen atoms in total.